The monoisotopic (exact) mass is 713 g/mol. The Kier molecular flexibility index (Phi) is 11.9. The van der Waals surface area contributed by atoms with Gasteiger partial charge in [0.25, 0.3) is 0 Å². The number of urea groups is 1. The number of carbonyl (C=O) groups excluding carboxylic acids is 2. The van der Waals surface area contributed by atoms with E-state index in [0.29, 0.717) is 23.2 Å². The summed E-state index contributed by atoms with van der Waals surface area (Å²) in [5.41, 5.74) is 0.128. The number of nitrogens with one attached hydrogen (secondary N) is 2. The predicted octanol–water partition coefficient (Wildman–Crippen LogP) is 6.50. The number of hydrogen-bond acceptors (Lipinski definition) is 9. The molecule has 4 aromatic rings. The lowest BCUT2D eigenvalue weighted by Gasteiger charge is -2.36. The third kappa shape index (κ3) is 8.33. The first-order chi connectivity index (χ1) is 24.0. The van der Waals surface area contributed by atoms with Gasteiger partial charge in [0.2, 0.25) is 5.43 Å². The van der Waals surface area contributed by atoms with E-state index in [0.717, 1.165) is 68.8 Å². The van der Waals surface area contributed by atoms with Gasteiger partial charge < -0.3 is 24.4 Å². The van der Waals surface area contributed by atoms with E-state index in [2.05, 4.69) is 44.2 Å². The average molecular weight is 714 g/mol. The number of pyridine rings is 2. The van der Waals surface area contributed by atoms with Crippen molar-refractivity contribution in [2.45, 2.75) is 52.8 Å². The number of fused-ring (bicyclic) bond motifs is 1. The van der Waals surface area contributed by atoms with Crippen LogP contribution in [0.25, 0.3) is 32.6 Å². The van der Waals surface area contributed by atoms with Gasteiger partial charge in [-0.15, -0.1) is 11.3 Å². The summed E-state index contributed by atoms with van der Waals surface area (Å²) in [6.45, 7) is 13.6. The van der Waals surface area contributed by atoms with E-state index in [9.17, 15) is 27.6 Å². The Morgan fingerprint density at radius 2 is 1.90 bits per heavy atom. The Bertz CT molecular complexity index is 1890. The summed E-state index contributed by atoms with van der Waals surface area (Å²) in [5, 5.41) is 6.43. The van der Waals surface area contributed by atoms with Crippen LogP contribution in [0.5, 0.6) is 0 Å². The van der Waals surface area contributed by atoms with Crippen LogP contribution in [0, 0.1) is 0 Å². The second-order valence-corrected chi connectivity index (χ2v) is 12.8. The molecule has 1 aliphatic heterocycles. The highest BCUT2D eigenvalue weighted by atomic mass is 32.1. The topological polar surface area (TPSA) is 122 Å². The molecule has 15 heteroatoms. The molecule has 2 N–H and O–H groups in total. The average Bonchev–Trinajstić information content (AvgIpc) is 3.61. The van der Waals surface area contributed by atoms with Gasteiger partial charge in [-0.1, -0.05) is 19.9 Å². The summed E-state index contributed by atoms with van der Waals surface area (Å²) in [7, 11) is 0. The van der Waals surface area contributed by atoms with Crippen molar-refractivity contribution in [3.05, 3.63) is 63.5 Å². The highest BCUT2D eigenvalue weighted by Crippen LogP contribution is 2.39. The van der Waals surface area contributed by atoms with Crippen molar-refractivity contribution >= 4 is 40.1 Å². The van der Waals surface area contributed by atoms with Crippen molar-refractivity contribution in [3.63, 3.8) is 0 Å². The molecule has 0 radical (unpaired) electrons. The Balaban J connectivity index is 1.62. The zero-order valence-corrected chi connectivity index (χ0v) is 29.4. The van der Waals surface area contributed by atoms with Crippen molar-refractivity contribution in [1.29, 1.82) is 0 Å². The van der Waals surface area contributed by atoms with Crippen LogP contribution in [0.3, 0.4) is 0 Å². The summed E-state index contributed by atoms with van der Waals surface area (Å²) in [5.74, 6) is -0.618. The molecule has 1 aromatic carbocycles. The Morgan fingerprint density at radius 1 is 1.12 bits per heavy atom. The molecule has 0 aliphatic carbocycles. The highest BCUT2D eigenvalue weighted by Gasteiger charge is 2.34. The van der Waals surface area contributed by atoms with Gasteiger partial charge in [-0.05, 0) is 70.1 Å². The molecule has 50 heavy (non-hydrogen) atoms. The number of benzene rings is 1. The standard InChI is InChI=1S/C35H42F3N7O4S/c1-5-39-34(48)42-30-17-24(32-41-29(21-50-32)35(36,37)38)26(18-40-30)22-11-12-28-25(16-22)31(46)27(33(47)49-8-4)20-45(28)23-10-9-13-44(19-23)15-14-43(6-2)7-3/h11-12,16-18,20-21,23H,5-10,13-15,19H2,1-4H3,(H2,39,40,42,48). The van der Waals surface area contributed by atoms with Gasteiger partial charge in [0.1, 0.15) is 16.4 Å². The molecular formula is C35H42F3N7O4S. The Labute approximate surface area is 292 Å². The number of aromatic nitrogens is 3. The molecular weight excluding hydrogens is 671 g/mol. The zero-order valence-electron chi connectivity index (χ0n) is 28.6. The Morgan fingerprint density at radius 3 is 2.58 bits per heavy atom. The number of alkyl halides is 3. The first-order valence-corrected chi connectivity index (χ1v) is 17.7. The number of likely N-dealkylation sites (tertiary alicyclic amines) is 1. The van der Waals surface area contributed by atoms with E-state index in [1.807, 2.05) is 4.57 Å². The van der Waals surface area contributed by atoms with Gasteiger partial charge in [-0.25, -0.2) is 19.6 Å². The number of likely N-dealkylation sites (N-methyl/N-ethyl adjacent to an activating group) is 1. The molecule has 3 aromatic heterocycles. The smallest absolute Gasteiger partial charge is 0.434 e. The summed E-state index contributed by atoms with van der Waals surface area (Å²) in [4.78, 5) is 52.3. The van der Waals surface area contributed by atoms with Gasteiger partial charge in [0.15, 0.2) is 5.69 Å². The van der Waals surface area contributed by atoms with Crippen molar-refractivity contribution in [2.24, 2.45) is 0 Å². The zero-order chi connectivity index (χ0) is 36.0. The molecule has 1 fully saturated rings. The van der Waals surface area contributed by atoms with Gasteiger partial charge in [0.05, 0.1) is 12.1 Å². The van der Waals surface area contributed by atoms with E-state index >= 15 is 0 Å². The fraction of sp³-hybridized carbons (Fsp3) is 0.457. The number of thiazole rings is 1. The van der Waals surface area contributed by atoms with Crippen LogP contribution in [-0.4, -0.2) is 88.8 Å². The van der Waals surface area contributed by atoms with Crippen LogP contribution in [0.4, 0.5) is 23.8 Å². The number of nitrogens with zero attached hydrogens (tertiary/aromatic N) is 5. The van der Waals surface area contributed by atoms with Crippen molar-refractivity contribution in [3.8, 4) is 21.7 Å². The SMILES string of the molecule is CCNC(=O)Nc1cc(-c2nc(C(F)(F)F)cs2)c(-c2ccc3c(c2)c(=O)c(C(=O)OCC)cn3C2CCCN(CCN(CC)CC)C2)cn1. The minimum Gasteiger partial charge on any atom is -0.462 e. The summed E-state index contributed by atoms with van der Waals surface area (Å²) in [6.07, 6.45) is 0.174. The first kappa shape index (κ1) is 36.9. The molecule has 1 saturated heterocycles. The number of anilines is 1. The number of hydrogen-bond donors (Lipinski definition) is 2. The van der Waals surface area contributed by atoms with E-state index in [4.69, 9.17) is 4.74 Å². The molecule has 1 unspecified atom stereocenters. The first-order valence-electron chi connectivity index (χ1n) is 16.9. The van der Waals surface area contributed by atoms with Crippen LogP contribution < -0.4 is 16.1 Å². The molecule has 1 atom stereocenters. The molecule has 4 heterocycles. The third-order valence-corrected chi connectivity index (χ3v) is 9.72. The van der Waals surface area contributed by atoms with Crippen LogP contribution in [0.1, 0.15) is 62.6 Å². The molecule has 5 rings (SSSR count). The predicted molar refractivity (Wildman–Crippen MR) is 189 cm³/mol. The lowest BCUT2D eigenvalue weighted by atomic mass is 9.98. The normalized spacial score (nSPS) is 15.4. The largest absolute Gasteiger partial charge is 0.462 e. The molecule has 11 nitrogen and oxygen atoms in total. The summed E-state index contributed by atoms with van der Waals surface area (Å²) in [6, 6.07) is 6.11. The van der Waals surface area contributed by atoms with E-state index in [-0.39, 0.29) is 40.0 Å². The van der Waals surface area contributed by atoms with E-state index in [1.54, 1.807) is 38.2 Å². The van der Waals surface area contributed by atoms with E-state index in [1.165, 1.54) is 12.3 Å². The molecule has 2 amide bonds. The van der Waals surface area contributed by atoms with Crippen LogP contribution in [0.15, 0.2) is 46.8 Å². The van der Waals surface area contributed by atoms with Gasteiger partial charge in [-0.2, -0.15) is 13.2 Å². The highest BCUT2D eigenvalue weighted by molar-refractivity contribution is 7.13. The second-order valence-electron chi connectivity index (χ2n) is 12.0. The number of piperidine rings is 1. The molecule has 1 aliphatic rings. The molecule has 0 spiro atoms. The van der Waals surface area contributed by atoms with Gasteiger partial charge >= 0.3 is 18.2 Å². The quantitative estimate of drug-likeness (QED) is 0.160. The molecule has 0 bridgehead atoms. The van der Waals surface area contributed by atoms with Crippen molar-refractivity contribution < 1.29 is 27.5 Å². The number of esters is 1. The third-order valence-electron chi connectivity index (χ3n) is 8.85. The minimum absolute atomic E-state index is 0.0180. The number of amides is 2. The van der Waals surface area contributed by atoms with Crippen LogP contribution in [-0.2, 0) is 10.9 Å². The van der Waals surface area contributed by atoms with Crippen LogP contribution >= 0.6 is 11.3 Å². The maximum Gasteiger partial charge on any atom is 0.434 e. The van der Waals surface area contributed by atoms with Crippen molar-refractivity contribution in [2.75, 3.05) is 57.7 Å². The van der Waals surface area contributed by atoms with Gasteiger partial charge in [-0.3, -0.25) is 10.1 Å². The van der Waals surface area contributed by atoms with Gasteiger partial charge in [0, 0.05) is 66.5 Å². The maximum atomic E-state index is 13.9. The Hall–Kier alpha value is -4.34. The lowest BCUT2D eigenvalue weighted by Crippen LogP contribution is -2.41. The molecule has 268 valence electrons. The number of rotatable bonds is 12. The van der Waals surface area contributed by atoms with E-state index < -0.39 is 29.3 Å². The molecule has 0 saturated carbocycles. The number of ether oxygens (including phenoxy) is 1. The maximum absolute atomic E-state index is 13.9. The summed E-state index contributed by atoms with van der Waals surface area (Å²) >= 11 is 0.803. The fourth-order valence-corrected chi connectivity index (χ4v) is 7.10. The lowest BCUT2D eigenvalue weighted by molar-refractivity contribution is -0.140. The minimum atomic E-state index is -4.65. The number of carbonyl (C=O) groups is 2. The second kappa shape index (κ2) is 16.1. The summed E-state index contributed by atoms with van der Waals surface area (Å²) < 4.78 is 48.0. The van der Waals surface area contributed by atoms with Crippen LogP contribution in [0.2, 0.25) is 0 Å². The van der Waals surface area contributed by atoms with Crippen molar-refractivity contribution in [1.82, 2.24) is 29.7 Å². The number of halogens is 3. The fourth-order valence-electron chi connectivity index (χ4n) is 6.24.